The van der Waals surface area contributed by atoms with Crippen LogP contribution in [0.2, 0.25) is 0 Å². The van der Waals surface area contributed by atoms with E-state index in [4.69, 9.17) is 9.72 Å². The highest BCUT2D eigenvalue weighted by molar-refractivity contribution is 7.99. The maximum absolute atomic E-state index is 12.5. The zero-order chi connectivity index (χ0) is 20.9. The summed E-state index contributed by atoms with van der Waals surface area (Å²) >= 11 is 1.63. The summed E-state index contributed by atoms with van der Waals surface area (Å²) in [6, 6.07) is 12.5. The van der Waals surface area contributed by atoms with Crippen LogP contribution in [0.25, 0.3) is 10.9 Å². The zero-order valence-electron chi connectivity index (χ0n) is 17.4. The number of nitrogens with one attached hydrogen (secondary N) is 1. The van der Waals surface area contributed by atoms with Crippen LogP contribution >= 0.6 is 11.8 Å². The number of hydrogen-bond acceptors (Lipinski definition) is 5. The average Bonchev–Trinajstić information content (AvgIpc) is 3.16. The molecule has 156 valence electrons. The van der Waals surface area contributed by atoms with Crippen LogP contribution in [0.15, 0.2) is 53.8 Å². The second-order valence-electron chi connectivity index (χ2n) is 7.93. The predicted octanol–water partition coefficient (Wildman–Crippen LogP) is 4.10. The molecule has 1 aliphatic heterocycles. The van der Waals surface area contributed by atoms with Gasteiger partial charge >= 0.3 is 0 Å². The van der Waals surface area contributed by atoms with Gasteiger partial charge in [-0.05, 0) is 61.7 Å². The van der Waals surface area contributed by atoms with E-state index in [0.717, 1.165) is 17.0 Å². The summed E-state index contributed by atoms with van der Waals surface area (Å²) in [7, 11) is 0. The maximum Gasteiger partial charge on any atom is 0.221 e. The molecule has 5 nitrogen and oxygen atoms in total. The zero-order valence-corrected chi connectivity index (χ0v) is 18.2. The van der Waals surface area contributed by atoms with Crippen molar-refractivity contribution in [2.24, 2.45) is 5.92 Å². The molecule has 2 atom stereocenters. The quantitative estimate of drug-likeness (QED) is 0.582. The fraction of sp³-hybridized carbons (Fsp3) is 0.375. The molecule has 0 bridgehead atoms. The number of pyridine rings is 2. The van der Waals surface area contributed by atoms with Crippen LogP contribution in [0, 0.1) is 19.8 Å². The Kier molecular flexibility index (Phi) is 6.65. The molecule has 3 heterocycles. The Labute approximate surface area is 181 Å². The lowest BCUT2D eigenvalue weighted by Gasteiger charge is -2.19. The normalized spacial score (nSPS) is 18.6. The molecule has 3 aromatic rings. The minimum atomic E-state index is 0.0694. The van der Waals surface area contributed by atoms with Crippen LogP contribution in [0.1, 0.15) is 23.1 Å². The molecule has 1 aromatic carbocycles. The lowest BCUT2D eigenvalue weighted by atomic mass is 9.95. The first-order chi connectivity index (χ1) is 14.6. The Bertz CT molecular complexity index is 1030. The third-order valence-electron chi connectivity index (χ3n) is 5.52. The number of carbonyl (C=O) groups excluding carboxylic acids is 1. The van der Waals surface area contributed by atoms with Gasteiger partial charge in [0.1, 0.15) is 0 Å². The first kappa shape index (κ1) is 20.8. The van der Waals surface area contributed by atoms with E-state index in [1.54, 1.807) is 24.2 Å². The minimum absolute atomic E-state index is 0.0694. The van der Waals surface area contributed by atoms with E-state index in [-0.39, 0.29) is 11.9 Å². The second kappa shape index (κ2) is 9.58. The van der Waals surface area contributed by atoms with Gasteiger partial charge in [-0.3, -0.25) is 9.78 Å². The van der Waals surface area contributed by atoms with E-state index in [2.05, 4.69) is 48.4 Å². The number of benzene rings is 1. The summed E-state index contributed by atoms with van der Waals surface area (Å²) in [5.41, 5.74) is 4.69. The van der Waals surface area contributed by atoms with Gasteiger partial charge in [-0.2, -0.15) is 0 Å². The van der Waals surface area contributed by atoms with Gasteiger partial charge in [0.05, 0.1) is 29.8 Å². The molecule has 0 aliphatic carbocycles. The Morgan fingerprint density at radius 3 is 2.83 bits per heavy atom. The molecule has 1 N–H and O–H groups in total. The van der Waals surface area contributed by atoms with Gasteiger partial charge in [0.15, 0.2) is 0 Å². The lowest BCUT2D eigenvalue weighted by Crippen LogP contribution is -2.40. The number of fused-ring (bicyclic) bond motifs is 1. The highest BCUT2D eigenvalue weighted by Gasteiger charge is 2.29. The van der Waals surface area contributed by atoms with E-state index < -0.39 is 0 Å². The van der Waals surface area contributed by atoms with E-state index in [1.165, 1.54) is 22.1 Å². The molecule has 4 rings (SSSR count). The van der Waals surface area contributed by atoms with Crippen molar-refractivity contribution in [3.8, 4) is 0 Å². The summed E-state index contributed by atoms with van der Waals surface area (Å²) < 4.78 is 5.63. The Morgan fingerprint density at radius 1 is 1.17 bits per heavy atom. The number of hydrogen-bond donors (Lipinski definition) is 1. The largest absolute Gasteiger partial charge is 0.379 e. The molecular formula is C24H27N3O2S. The van der Waals surface area contributed by atoms with Crippen molar-refractivity contribution in [3.63, 3.8) is 0 Å². The van der Waals surface area contributed by atoms with Gasteiger partial charge in [-0.1, -0.05) is 11.6 Å². The predicted molar refractivity (Wildman–Crippen MR) is 121 cm³/mol. The van der Waals surface area contributed by atoms with Crippen molar-refractivity contribution >= 4 is 28.6 Å². The van der Waals surface area contributed by atoms with Gasteiger partial charge in [-0.25, -0.2) is 4.98 Å². The number of thioether (sulfide) groups is 1. The fourth-order valence-corrected chi connectivity index (χ4v) is 4.78. The van der Waals surface area contributed by atoms with E-state index in [0.29, 0.717) is 31.3 Å². The third-order valence-corrected chi connectivity index (χ3v) is 6.43. The summed E-state index contributed by atoms with van der Waals surface area (Å²) in [5.74, 6) is 1.08. The highest BCUT2D eigenvalue weighted by atomic mass is 32.2. The topological polar surface area (TPSA) is 64.1 Å². The Hall–Kier alpha value is -2.44. The van der Waals surface area contributed by atoms with Crippen LogP contribution in [-0.2, 0) is 16.0 Å². The molecule has 0 spiro atoms. The molecule has 0 unspecified atom stereocenters. The van der Waals surface area contributed by atoms with Crippen LogP contribution < -0.4 is 5.32 Å². The fourth-order valence-electron chi connectivity index (χ4n) is 3.86. The summed E-state index contributed by atoms with van der Waals surface area (Å²) in [6.45, 7) is 5.47. The first-order valence-corrected chi connectivity index (χ1v) is 11.3. The van der Waals surface area contributed by atoms with Crippen LogP contribution in [0.4, 0.5) is 0 Å². The van der Waals surface area contributed by atoms with Gasteiger partial charge in [-0.15, -0.1) is 11.8 Å². The standard InChI is InChI=1S/C24H27N3O2S/c1-16-3-4-21-20(11-16)17(2)12-24(27-21)30-10-7-23(28)26-22-15-29-14-19(22)13-18-5-8-25-9-6-18/h3-6,8-9,11-12,19,22H,7,10,13-15H2,1-2H3,(H,26,28)/t19-,22+/m1/s1. The SMILES string of the molecule is Cc1ccc2nc(SCCC(=O)N[C@H]3COC[C@H]3Cc3ccncc3)cc(C)c2c1. The van der Waals surface area contributed by atoms with Crippen molar-refractivity contribution in [1.29, 1.82) is 0 Å². The van der Waals surface area contributed by atoms with Crippen molar-refractivity contribution < 1.29 is 9.53 Å². The Morgan fingerprint density at radius 2 is 2.00 bits per heavy atom. The number of rotatable bonds is 7. The molecule has 1 amide bonds. The van der Waals surface area contributed by atoms with E-state index in [9.17, 15) is 4.79 Å². The molecule has 2 aromatic heterocycles. The number of amides is 1. The molecule has 1 fully saturated rings. The van der Waals surface area contributed by atoms with E-state index >= 15 is 0 Å². The summed E-state index contributed by atoms with van der Waals surface area (Å²) in [5, 5.41) is 5.33. The highest BCUT2D eigenvalue weighted by Crippen LogP contribution is 2.25. The third kappa shape index (κ3) is 5.18. The first-order valence-electron chi connectivity index (χ1n) is 10.4. The van der Waals surface area contributed by atoms with Crippen LogP contribution in [-0.4, -0.2) is 40.9 Å². The number of ether oxygens (including phenoxy) is 1. The van der Waals surface area contributed by atoms with Crippen molar-refractivity contribution in [1.82, 2.24) is 15.3 Å². The average molecular weight is 422 g/mol. The van der Waals surface area contributed by atoms with Crippen LogP contribution in [0.5, 0.6) is 0 Å². The molecule has 1 saturated heterocycles. The van der Waals surface area contributed by atoms with Crippen molar-refractivity contribution in [3.05, 3.63) is 65.5 Å². The van der Waals surface area contributed by atoms with Gasteiger partial charge < -0.3 is 10.1 Å². The minimum Gasteiger partial charge on any atom is -0.379 e. The number of nitrogens with zero attached hydrogens (tertiary/aromatic N) is 2. The van der Waals surface area contributed by atoms with Crippen LogP contribution in [0.3, 0.4) is 0 Å². The monoisotopic (exact) mass is 421 g/mol. The Balaban J connectivity index is 1.28. The van der Waals surface area contributed by atoms with E-state index in [1.807, 2.05) is 12.1 Å². The number of aromatic nitrogens is 2. The van der Waals surface area contributed by atoms with Crippen molar-refractivity contribution in [2.45, 2.75) is 37.8 Å². The van der Waals surface area contributed by atoms with Gasteiger partial charge in [0.2, 0.25) is 5.91 Å². The second-order valence-corrected chi connectivity index (χ2v) is 9.04. The lowest BCUT2D eigenvalue weighted by molar-refractivity contribution is -0.121. The molecule has 0 saturated carbocycles. The maximum atomic E-state index is 12.5. The molecular weight excluding hydrogens is 394 g/mol. The smallest absolute Gasteiger partial charge is 0.221 e. The molecule has 6 heteroatoms. The summed E-state index contributed by atoms with van der Waals surface area (Å²) in [4.78, 5) is 21.3. The van der Waals surface area contributed by atoms with Gasteiger partial charge in [0, 0.05) is 35.9 Å². The molecule has 1 aliphatic rings. The van der Waals surface area contributed by atoms with Gasteiger partial charge in [0.25, 0.3) is 0 Å². The molecule has 30 heavy (non-hydrogen) atoms. The molecule has 0 radical (unpaired) electrons. The number of carbonyl (C=O) groups is 1. The van der Waals surface area contributed by atoms with Crippen molar-refractivity contribution in [2.75, 3.05) is 19.0 Å². The number of aryl methyl sites for hydroxylation is 2. The summed E-state index contributed by atoms with van der Waals surface area (Å²) in [6.07, 6.45) is 4.97.